The van der Waals surface area contributed by atoms with Gasteiger partial charge in [0.1, 0.15) is 23.7 Å². The van der Waals surface area contributed by atoms with Crippen molar-refractivity contribution in [3.05, 3.63) is 162 Å². The van der Waals surface area contributed by atoms with Gasteiger partial charge in [-0.2, -0.15) is 0 Å². The van der Waals surface area contributed by atoms with Gasteiger partial charge in [0, 0.05) is 44.1 Å². The molecule has 0 radical (unpaired) electrons. The highest BCUT2D eigenvalue weighted by atomic mass is 15.5. The minimum atomic E-state index is 0.0347. The lowest BCUT2D eigenvalue weighted by atomic mass is 9.87. The molecule has 0 aliphatic carbocycles. The molecule has 6 atom stereocenters. The molecule has 250 valence electrons. The van der Waals surface area contributed by atoms with E-state index in [2.05, 4.69) is 198 Å². The lowest BCUT2D eigenvalue weighted by Gasteiger charge is -2.41. The molecule has 6 heteroatoms. The molecule has 4 unspecified atom stereocenters. The number of rotatable bonds is 3. The number of anilines is 7. The van der Waals surface area contributed by atoms with Crippen LogP contribution in [0.4, 0.5) is 51.2 Å². The minimum Gasteiger partial charge on any atom is -0.352 e. The number of hydrogen-bond donors (Lipinski definition) is 0. The van der Waals surface area contributed by atoms with E-state index in [4.69, 9.17) is 0 Å². The van der Waals surface area contributed by atoms with Crippen LogP contribution in [-0.4, -0.2) is 46.7 Å². The first-order chi connectivity index (χ1) is 25.0. The van der Waals surface area contributed by atoms with Gasteiger partial charge in [-0.25, -0.2) is 4.48 Å². The third-order valence-corrected chi connectivity index (χ3v) is 12.9. The van der Waals surface area contributed by atoms with Crippen LogP contribution in [0.15, 0.2) is 146 Å². The van der Waals surface area contributed by atoms with Crippen molar-refractivity contribution in [2.45, 2.75) is 30.3 Å². The maximum atomic E-state index is 2.69. The smallest absolute Gasteiger partial charge is 0.185 e. The van der Waals surface area contributed by atoms with Crippen LogP contribution >= 0.6 is 0 Å². The summed E-state index contributed by atoms with van der Waals surface area (Å²) in [5.41, 5.74) is 16.0. The summed E-state index contributed by atoms with van der Waals surface area (Å²) in [5, 5.41) is 0. The standard InChI is InChI=1S/C45H41N6/c1-46-34-22-10-12-24-36(34)49(43(46)42-30-18-6-9-21-33(30)50-37-25-13-11-23-35(37)47(2)44(42)50)32-20-8-5-17-29(32)41-31-19-7-15-27-39(31)51(4)40-28-16-14-26-38(40)48(3)45(41)51/h5-28,41-45H,1-4H3/q+1/t41?,42-,43?,44?,45-,51?/m1/s1. The zero-order valence-corrected chi connectivity index (χ0v) is 29.4. The Hall–Kier alpha value is -5.72. The Bertz CT molecular complexity index is 2390. The van der Waals surface area contributed by atoms with Gasteiger partial charge in [0.25, 0.3) is 0 Å². The van der Waals surface area contributed by atoms with E-state index in [0.717, 1.165) is 4.48 Å². The van der Waals surface area contributed by atoms with Gasteiger partial charge in [-0.3, -0.25) is 0 Å². The highest BCUT2D eigenvalue weighted by Gasteiger charge is 2.61. The second kappa shape index (κ2) is 10.2. The summed E-state index contributed by atoms with van der Waals surface area (Å²) < 4.78 is 0.776. The summed E-state index contributed by atoms with van der Waals surface area (Å²) in [7, 11) is 9.31. The van der Waals surface area contributed by atoms with Crippen LogP contribution in [0.25, 0.3) is 0 Å². The Morgan fingerprint density at radius 1 is 0.392 bits per heavy atom. The van der Waals surface area contributed by atoms with Gasteiger partial charge in [-0.15, -0.1) is 0 Å². The number of hydrogen-bond acceptors (Lipinski definition) is 5. The van der Waals surface area contributed by atoms with E-state index in [1.165, 1.54) is 67.9 Å². The van der Waals surface area contributed by atoms with Crippen molar-refractivity contribution in [1.29, 1.82) is 0 Å². The number of fused-ring (bicyclic) bond motifs is 11. The number of para-hydroxylation sites is 9. The number of benzene rings is 6. The summed E-state index contributed by atoms with van der Waals surface area (Å²) in [4.78, 5) is 12.9. The topological polar surface area (TPSA) is 16.2 Å². The number of likely N-dealkylation sites (N-methyl/N-ethyl adjacent to an activating group) is 4. The van der Waals surface area contributed by atoms with Crippen molar-refractivity contribution in [1.82, 2.24) is 4.48 Å². The van der Waals surface area contributed by atoms with Crippen molar-refractivity contribution in [2.75, 3.05) is 52.7 Å². The molecule has 0 amide bonds. The summed E-state index contributed by atoms with van der Waals surface area (Å²) in [6.07, 6.45) is 0.361. The molecule has 6 aromatic carbocycles. The maximum absolute atomic E-state index is 2.69. The molecule has 0 bridgehead atoms. The molecule has 11 rings (SSSR count). The molecule has 0 saturated heterocycles. The van der Waals surface area contributed by atoms with Crippen molar-refractivity contribution in [3.63, 3.8) is 0 Å². The van der Waals surface area contributed by atoms with Crippen molar-refractivity contribution < 1.29 is 0 Å². The Balaban J connectivity index is 1.13. The largest absolute Gasteiger partial charge is 0.352 e. The van der Waals surface area contributed by atoms with Gasteiger partial charge in [0.15, 0.2) is 11.9 Å². The highest BCUT2D eigenvalue weighted by molar-refractivity contribution is 5.92. The summed E-state index contributed by atoms with van der Waals surface area (Å²) >= 11 is 0. The van der Waals surface area contributed by atoms with Crippen LogP contribution in [0.1, 0.15) is 28.5 Å². The van der Waals surface area contributed by atoms with Crippen molar-refractivity contribution >= 4 is 51.2 Å². The number of quaternary nitrogens is 1. The van der Waals surface area contributed by atoms with Gasteiger partial charge in [0.2, 0.25) is 0 Å². The van der Waals surface area contributed by atoms with E-state index in [-0.39, 0.29) is 30.3 Å². The normalized spacial score (nSPS) is 26.1. The Morgan fingerprint density at radius 2 is 0.804 bits per heavy atom. The fourth-order valence-electron chi connectivity index (χ4n) is 10.9. The van der Waals surface area contributed by atoms with Gasteiger partial charge >= 0.3 is 0 Å². The lowest BCUT2D eigenvalue weighted by Crippen LogP contribution is -2.52. The minimum absolute atomic E-state index is 0.0347. The maximum Gasteiger partial charge on any atom is 0.185 e. The zero-order valence-electron chi connectivity index (χ0n) is 29.4. The molecule has 0 spiro atoms. The first kappa shape index (κ1) is 29.1. The second-order valence-corrected chi connectivity index (χ2v) is 15.0. The average molecular weight is 666 g/mol. The van der Waals surface area contributed by atoms with Crippen LogP contribution in [0.2, 0.25) is 0 Å². The molecule has 5 aliphatic rings. The third kappa shape index (κ3) is 3.50. The van der Waals surface area contributed by atoms with Crippen LogP contribution in [0.5, 0.6) is 0 Å². The molecule has 51 heavy (non-hydrogen) atoms. The van der Waals surface area contributed by atoms with E-state index < -0.39 is 0 Å². The first-order valence-electron chi connectivity index (χ1n) is 18.2. The van der Waals surface area contributed by atoms with Crippen LogP contribution < -0.4 is 29.0 Å². The molecular weight excluding hydrogens is 625 g/mol. The summed E-state index contributed by atoms with van der Waals surface area (Å²) in [5.74, 6) is 0.323. The van der Waals surface area contributed by atoms with Gasteiger partial charge in [0.05, 0.1) is 41.6 Å². The highest BCUT2D eigenvalue weighted by Crippen LogP contribution is 2.63. The van der Waals surface area contributed by atoms with Gasteiger partial charge < -0.3 is 24.5 Å². The van der Waals surface area contributed by atoms with E-state index in [1.807, 2.05) is 0 Å². The quantitative estimate of drug-likeness (QED) is 0.175. The summed E-state index contributed by atoms with van der Waals surface area (Å²) in [6, 6.07) is 54.5. The van der Waals surface area contributed by atoms with Crippen molar-refractivity contribution in [2.24, 2.45) is 0 Å². The zero-order chi connectivity index (χ0) is 34.2. The van der Waals surface area contributed by atoms with E-state index in [9.17, 15) is 0 Å². The molecule has 0 aromatic heterocycles. The third-order valence-electron chi connectivity index (χ3n) is 12.9. The van der Waals surface area contributed by atoms with E-state index in [0.29, 0.717) is 0 Å². The number of nitrogens with zero attached hydrogens (tertiary/aromatic N) is 6. The van der Waals surface area contributed by atoms with Crippen LogP contribution in [0.3, 0.4) is 0 Å². The first-order valence-corrected chi connectivity index (χ1v) is 18.2. The molecule has 0 fully saturated rings. The molecular formula is C45H41N6+. The van der Waals surface area contributed by atoms with Crippen LogP contribution in [0, 0.1) is 0 Å². The molecule has 6 aromatic rings. The predicted octanol–water partition coefficient (Wildman–Crippen LogP) is 9.50. The fourth-order valence-corrected chi connectivity index (χ4v) is 10.9. The Morgan fingerprint density at radius 3 is 1.39 bits per heavy atom. The molecule has 0 N–H and O–H groups in total. The van der Waals surface area contributed by atoms with Crippen molar-refractivity contribution in [3.8, 4) is 0 Å². The molecule has 5 aliphatic heterocycles. The van der Waals surface area contributed by atoms with Gasteiger partial charge in [-0.05, 0) is 59.7 Å². The predicted molar refractivity (Wildman–Crippen MR) is 211 cm³/mol. The molecule has 5 heterocycles. The van der Waals surface area contributed by atoms with Gasteiger partial charge in [-0.1, -0.05) is 91.0 Å². The Labute approximate surface area is 300 Å². The second-order valence-electron chi connectivity index (χ2n) is 15.0. The lowest BCUT2D eigenvalue weighted by molar-refractivity contribution is 0.365. The monoisotopic (exact) mass is 665 g/mol. The molecule has 6 nitrogen and oxygen atoms in total. The summed E-state index contributed by atoms with van der Waals surface area (Å²) in [6.45, 7) is 0. The van der Waals surface area contributed by atoms with E-state index in [1.54, 1.807) is 0 Å². The van der Waals surface area contributed by atoms with E-state index >= 15 is 0 Å². The molecule has 0 saturated carbocycles. The van der Waals surface area contributed by atoms with Crippen LogP contribution in [-0.2, 0) is 0 Å². The fraction of sp³-hybridized carbons (Fsp3) is 0.200. The average Bonchev–Trinajstić information content (AvgIpc) is 3.90. The SMILES string of the molecule is CN1c2ccccc2N(c2ccccc2C2c3ccccc3[N+]3(C)c4ccccc4N(C)[C@@H]23)C1[C@H]1c2ccccc2N2c3ccccc3N(C)C12. The Kier molecular flexibility index (Phi) is 5.80.